The van der Waals surface area contributed by atoms with E-state index in [-0.39, 0.29) is 11.5 Å². The van der Waals surface area contributed by atoms with Crippen LogP contribution in [0.2, 0.25) is 0 Å². The molecule has 32 heavy (non-hydrogen) atoms. The predicted octanol–water partition coefficient (Wildman–Crippen LogP) is 3.36. The van der Waals surface area contributed by atoms with Crippen LogP contribution < -0.4 is 11.1 Å². The van der Waals surface area contributed by atoms with Gasteiger partial charge in [-0.05, 0) is 25.3 Å². The zero-order valence-corrected chi connectivity index (χ0v) is 19.0. The molecule has 0 bridgehead atoms. The lowest BCUT2D eigenvalue weighted by molar-refractivity contribution is -0.136. The van der Waals surface area contributed by atoms with Gasteiger partial charge >= 0.3 is 6.03 Å². The largest absolute Gasteiger partial charge is 0.365 e. The quantitative estimate of drug-likeness (QED) is 0.675. The number of hydrogen-bond donors (Lipinski definition) is 2. The Morgan fingerprint density at radius 1 is 1.12 bits per heavy atom. The number of anilines is 1. The molecule has 2 aromatic rings. The van der Waals surface area contributed by atoms with Crippen LogP contribution in [0, 0.1) is 6.92 Å². The number of hydrogen-bond acceptors (Lipinski definition) is 5. The Morgan fingerprint density at radius 3 is 2.41 bits per heavy atom. The minimum Gasteiger partial charge on any atom is -0.365 e. The van der Waals surface area contributed by atoms with Crippen molar-refractivity contribution in [1.29, 1.82) is 0 Å². The first-order valence-electron chi connectivity index (χ1n) is 10.6. The number of carbonyl (C=O) groups is 4. The van der Waals surface area contributed by atoms with E-state index in [1.165, 1.54) is 16.2 Å². The van der Waals surface area contributed by atoms with Gasteiger partial charge in [-0.15, -0.1) is 11.3 Å². The van der Waals surface area contributed by atoms with Crippen LogP contribution in [0.5, 0.6) is 0 Å². The number of likely N-dealkylation sites (N-methyl/N-ethyl adjacent to an activating group) is 1. The van der Waals surface area contributed by atoms with Gasteiger partial charge < -0.3 is 16.0 Å². The van der Waals surface area contributed by atoms with Crippen molar-refractivity contribution in [2.24, 2.45) is 5.73 Å². The number of imide groups is 1. The summed E-state index contributed by atoms with van der Waals surface area (Å²) in [4.78, 5) is 54.3. The van der Waals surface area contributed by atoms with Crippen molar-refractivity contribution in [1.82, 2.24) is 9.80 Å². The second kappa shape index (κ2) is 8.38. The summed E-state index contributed by atoms with van der Waals surface area (Å²) in [6, 6.07) is 8.87. The first-order valence-corrected chi connectivity index (χ1v) is 11.5. The van der Waals surface area contributed by atoms with Gasteiger partial charge in [0.15, 0.2) is 0 Å². The number of amides is 5. The van der Waals surface area contributed by atoms with Crippen molar-refractivity contribution in [3.05, 3.63) is 40.8 Å². The number of nitrogens with zero attached hydrogens (tertiary/aromatic N) is 2. The van der Waals surface area contributed by atoms with Gasteiger partial charge in [-0.1, -0.05) is 49.6 Å². The molecule has 1 aliphatic heterocycles. The van der Waals surface area contributed by atoms with E-state index in [1.54, 1.807) is 7.05 Å². The Balaban J connectivity index is 1.57. The normalized spacial score (nSPS) is 17.8. The van der Waals surface area contributed by atoms with Crippen molar-refractivity contribution >= 4 is 40.1 Å². The molecule has 0 atom stereocenters. The maximum Gasteiger partial charge on any atom is 0.327 e. The van der Waals surface area contributed by atoms with E-state index >= 15 is 0 Å². The Morgan fingerprint density at radius 2 is 1.78 bits per heavy atom. The van der Waals surface area contributed by atoms with Crippen LogP contribution in [-0.2, 0) is 9.59 Å². The van der Waals surface area contributed by atoms with Crippen LogP contribution in [0.15, 0.2) is 30.3 Å². The molecule has 1 saturated carbocycles. The van der Waals surface area contributed by atoms with Gasteiger partial charge in [0.1, 0.15) is 17.1 Å². The highest BCUT2D eigenvalue weighted by atomic mass is 32.1. The molecule has 1 spiro atoms. The Labute approximate surface area is 190 Å². The van der Waals surface area contributed by atoms with E-state index in [9.17, 15) is 19.2 Å². The lowest BCUT2D eigenvalue weighted by atomic mass is 9.81. The Bertz CT molecular complexity index is 1090. The lowest BCUT2D eigenvalue weighted by Crippen LogP contribution is -2.49. The van der Waals surface area contributed by atoms with Gasteiger partial charge in [0.2, 0.25) is 5.91 Å². The smallest absolute Gasteiger partial charge is 0.327 e. The van der Waals surface area contributed by atoms with E-state index in [0.717, 1.165) is 34.6 Å². The van der Waals surface area contributed by atoms with Crippen molar-refractivity contribution in [3.63, 3.8) is 0 Å². The number of thiophene rings is 1. The number of benzene rings is 1. The summed E-state index contributed by atoms with van der Waals surface area (Å²) in [5.41, 5.74) is 6.54. The van der Waals surface area contributed by atoms with Crippen LogP contribution in [-0.4, -0.2) is 52.7 Å². The zero-order chi connectivity index (χ0) is 23.0. The molecular formula is C23H26N4O4S. The third-order valence-corrected chi connectivity index (χ3v) is 7.45. The average Bonchev–Trinajstić information content (AvgIpc) is 3.19. The van der Waals surface area contributed by atoms with Crippen molar-refractivity contribution < 1.29 is 19.2 Å². The number of nitrogens with one attached hydrogen (secondary N) is 1. The Kier molecular flexibility index (Phi) is 5.77. The van der Waals surface area contributed by atoms with Gasteiger partial charge in [-0.3, -0.25) is 19.3 Å². The molecule has 5 amide bonds. The Hall–Kier alpha value is -3.20. The fourth-order valence-corrected chi connectivity index (χ4v) is 5.90. The highest BCUT2D eigenvalue weighted by Crippen LogP contribution is 2.41. The number of aryl methyl sites for hydroxylation is 1. The van der Waals surface area contributed by atoms with Gasteiger partial charge in [-0.2, -0.15) is 0 Å². The summed E-state index contributed by atoms with van der Waals surface area (Å²) in [6.45, 7) is 1.45. The maximum absolute atomic E-state index is 13.1. The van der Waals surface area contributed by atoms with E-state index in [4.69, 9.17) is 5.73 Å². The maximum atomic E-state index is 13.1. The molecule has 2 fully saturated rings. The third-order valence-electron chi connectivity index (χ3n) is 6.43. The van der Waals surface area contributed by atoms with E-state index < -0.39 is 29.9 Å². The molecule has 168 valence electrons. The van der Waals surface area contributed by atoms with Gasteiger partial charge in [0.25, 0.3) is 11.8 Å². The van der Waals surface area contributed by atoms with Crippen LogP contribution in [0.4, 0.5) is 9.80 Å². The summed E-state index contributed by atoms with van der Waals surface area (Å²) < 4.78 is 0. The number of primary amides is 1. The van der Waals surface area contributed by atoms with Gasteiger partial charge in [-0.25, -0.2) is 4.79 Å². The van der Waals surface area contributed by atoms with E-state index in [0.29, 0.717) is 23.4 Å². The first kappa shape index (κ1) is 22.0. The minimum atomic E-state index is -0.839. The van der Waals surface area contributed by atoms with Crippen LogP contribution in [0.25, 0.3) is 11.1 Å². The summed E-state index contributed by atoms with van der Waals surface area (Å²) in [5.74, 6) is -1.52. The van der Waals surface area contributed by atoms with Crippen LogP contribution >= 0.6 is 11.3 Å². The molecule has 1 aromatic heterocycles. The molecule has 2 aliphatic rings. The molecule has 3 N–H and O–H groups in total. The van der Waals surface area contributed by atoms with E-state index in [2.05, 4.69) is 5.32 Å². The molecule has 0 unspecified atom stereocenters. The highest BCUT2D eigenvalue weighted by Gasteiger charge is 2.55. The predicted molar refractivity (Wildman–Crippen MR) is 122 cm³/mol. The summed E-state index contributed by atoms with van der Waals surface area (Å²) in [6.07, 6.45) is 4.02. The van der Waals surface area contributed by atoms with Gasteiger partial charge in [0.05, 0.1) is 5.56 Å². The number of rotatable bonds is 5. The lowest BCUT2D eigenvalue weighted by Gasteiger charge is -2.35. The number of carbonyl (C=O) groups excluding carboxylic acids is 4. The van der Waals surface area contributed by atoms with Crippen molar-refractivity contribution in [2.45, 2.75) is 44.6 Å². The standard InChI is InChI=1S/C23H26N4O4S/c1-14-17(15-9-5-3-6-10-15)18(19(24)29)20(32-14)25-16(28)13-27-21(30)23(26(2)22(27)31)11-7-4-8-12-23/h3,5-6,9-10H,4,7-8,11-13H2,1-2H3,(H2,24,29)(H,25,28). The summed E-state index contributed by atoms with van der Waals surface area (Å²) in [7, 11) is 1.63. The molecule has 8 nitrogen and oxygen atoms in total. The number of nitrogens with two attached hydrogens (primary N) is 1. The molecule has 2 heterocycles. The zero-order valence-electron chi connectivity index (χ0n) is 18.1. The molecular weight excluding hydrogens is 428 g/mol. The summed E-state index contributed by atoms with van der Waals surface area (Å²) >= 11 is 1.24. The minimum absolute atomic E-state index is 0.229. The second-order valence-electron chi connectivity index (χ2n) is 8.34. The fourth-order valence-electron chi connectivity index (χ4n) is 4.80. The second-order valence-corrected chi connectivity index (χ2v) is 9.57. The molecule has 1 aromatic carbocycles. The van der Waals surface area contributed by atoms with E-state index in [1.807, 2.05) is 37.3 Å². The van der Waals surface area contributed by atoms with Gasteiger partial charge in [0, 0.05) is 17.5 Å². The molecule has 4 rings (SSSR count). The molecule has 0 radical (unpaired) electrons. The average molecular weight is 455 g/mol. The molecule has 1 aliphatic carbocycles. The fraction of sp³-hybridized carbons (Fsp3) is 0.391. The van der Waals surface area contributed by atoms with Crippen LogP contribution in [0.1, 0.15) is 47.3 Å². The number of urea groups is 1. The topological polar surface area (TPSA) is 113 Å². The summed E-state index contributed by atoms with van der Waals surface area (Å²) in [5, 5.41) is 3.03. The highest BCUT2D eigenvalue weighted by molar-refractivity contribution is 7.17. The SMILES string of the molecule is Cc1sc(NC(=O)CN2C(=O)N(C)C3(CCCCC3)C2=O)c(C(N)=O)c1-c1ccccc1. The van der Waals surface area contributed by atoms with Crippen molar-refractivity contribution in [2.75, 3.05) is 18.9 Å². The van der Waals surface area contributed by atoms with Crippen molar-refractivity contribution in [3.8, 4) is 11.1 Å². The third kappa shape index (κ3) is 3.56. The molecule has 9 heteroatoms. The molecule has 1 saturated heterocycles. The van der Waals surface area contributed by atoms with Crippen LogP contribution in [0.3, 0.4) is 0 Å². The first-order chi connectivity index (χ1) is 15.3. The monoisotopic (exact) mass is 454 g/mol.